The van der Waals surface area contributed by atoms with Crippen LogP contribution in [0, 0.1) is 15.9 Å². The topological polar surface area (TPSA) is 89.3 Å². The number of benzene rings is 2. The molecule has 0 atom stereocenters. The molecule has 0 bridgehead atoms. The number of sulfonamides is 1. The van der Waals surface area contributed by atoms with E-state index in [9.17, 15) is 22.9 Å². The molecule has 0 spiro atoms. The first-order valence-electron chi connectivity index (χ1n) is 6.94. The second-order valence-corrected chi connectivity index (χ2v) is 7.99. The van der Waals surface area contributed by atoms with E-state index >= 15 is 0 Å². The van der Waals surface area contributed by atoms with E-state index in [0.29, 0.717) is 0 Å². The average Bonchev–Trinajstić information content (AvgIpc) is 2.48. The minimum absolute atomic E-state index is 0.161. The molecular formula is C15H15FN2O4S2. The summed E-state index contributed by atoms with van der Waals surface area (Å²) in [4.78, 5) is 10.8. The summed E-state index contributed by atoms with van der Waals surface area (Å²) in [6.07, 6.45) is 0. The van der Waals surface area contributed by atoms with Crippen LogP contribution in [-0.2, 0) is 10.0 Å². The van der Waals surface area contributed by atoms with Gasteiger partial charge < -0.3 is 0 Å². The van der Waals surface area contributed by atoms with Gasteiger partial charge in [-0.3, -0.25) is 10.1 Å². The molecule has 0 saturated heterocycles. The lowest BCUT2D eigenvalue weighted by Gasteiger charge is -2.10. The highest BCUT2D eigenvalue weighted by molar-refractivity contribution is 7.99. The van der Waals surface area contributed by atoms with Gasteiger partial charge in [-0.1, -0.05) is 23.9 Å². The van der Waals surface area contributed by atoms with Crippen LogP contribution in [0.15, 0.2) is 57.2 Å². The summed E-state index contributed by atoms with van der Waals surface area (Å²) in [5, 5.41) is 11.3. The summed E-state index contributed by atoms with van der Waals surface area (Å²) in [7, 11) is -3.85. The molecule has 2 aromatic rings. The van der Waals surface area contributed by atoms with Gasteiger partial charge in [0.05, 0.1) is 14.7 Å². The van der Waals surface area contributed by atoms with Crippen molar-refractivity contribution in [3.05, 3.63) is 58.4 Å². The van der Waals surface area contributed by atoms with E-state index in [2.05, 4.69) is 4.72 Å². The van der Waals surface area contributed by atoms with E-state index in [1.165, 1.54) is 30.3 Å². The van der Waals surface area contributed by atoms with Gasteiger partial charge in [-0.05, 0) is 38.1 Å². The van der Waals surface area contributed by atoms with Gasteiger partial charge in [0.25, 0.3) is 5.69 Å². The van der Waals surface area contributed by atoms with Crippen LogP contribution in [0.4, 0.5) is 10.1 Å². The van der Waals surface area contributed by atoms with Crippen molar-refractivity contribution in [3.63, 3.8) is 0 Å². The number of nitrogens with zero attached hydrogens (tertiary/aromatic N) is 1. The molecule has 0 fully saturated rings. The molecule has 0 aliphatic carbocycles. The smallest absolute Gasteiger partial charge is 0.258 e. The Morgan fingerprint density at radius 2 is 1.83 bits per heavy atom. The highest BCUT2D eigenvalue weighted by atomic mass is 32.2. The molecule has 0 heterocycles. The molecule has 0 aromatic heterocycles. The third-order valence-corrected chi connectivity index (χ3v) is 5.66. The Labute approximate surface area is 143 Å². The monoisotopic (exact) mass is 370 g/mol. The van der Waals surface area contributed by atoms with Crippen LogP contribution in [0.2, 0.25) is 0 Å². The maximum Gasteiger partial charge on any atom is 0.284 e. The van der Waals surface area contributed by atoms with E-state index in [4.69, 9.17) is 0 Å². The maximum absolute atomic E-state index is 13.7. The van der Waals surface area contributed by atoms with E-state index in [1.54, 1.807) is 19.9 Å². The first kappa shape index (κ1) is 18.4. The Balaban J connectivity index is 2.45. The van der Waals surface area contributed by atoms with E-state index < -0.39 is 26.5 Å². The van der Waals surface area contributed by atoms with Crippen molar-refractivity contribution >= 4 is 27.5 Å². The van der Waals surface area contributed by atoms with Crippen molar-refractivity contribution in [3.8, 4) is 0 Å². The molecule has 2 aromatic carbocycles. The molecular weight excluding hydrogens is 355 g/mol. The summed E-state index contributed by atoms with van der Waals surface area (Å²) < 4.78 is 40.4. The second kappa shape index (κ2) is 7.29. The van der Waals surface area contributed by atoms with Gasteiger partial charge in [0.15, 0.2) is 0 Å². The van der Waals surface area contributed by atoms with Crippen molar-refractivity contribution in [1.82, 2.24) is 4.72 Å². The Bertz CT molecular complexity index is 870. The molecule has 0 saturated carbocycles. The summed E-state index contributed by atoms with van der Waals surface area (Å²) in [5.41, 5.74) is -0.394. The van der Waals surface area contributed by atoms with Crippen LogP contribution < -0.4 is 4.72 Å². The Morgan fingerprint density at radius 3 is 2.42 bits per heavy atom. The number of nitro benzene ring substituents is 1. The van der Waals surface area contributed by atoms with Crippen LogP contribution >= 0.6 is 11.8 Å². The highest BCUT2D eigenvalue weighted by Crippen LogP contribution is 2.37. The van der Waals surface area contributed by atoms with E-state index in [-0.39, 0.29) is 20.7 Å². The summed E-state index contributed by atoms with van der Waals surface area (Å²) in [5.74, 6) is -0.505. The van der Waals surface area contributed by atoms with Crippen molar-refractivity contribution < 1.29 is 17.7 Å². The Morgan fingerprint density at radius 1 is 1.17 bits per heavy atom. The SMILES string of the molecule is CC(C)NS(=O)(=O)c1ccc(Sc2ccccc2F)c([N+](=O)[O-])c1. The molecule has 0 amide bonds. The second-order valence-electron chi connectivity index (χ2n) is 5.20. The quantitative estimate of drug-likeness (QED) is 0.620. The van der Waals surface area contributed by atoms with E-state index in [1.807, 2.05) is 0 Å². The lowest BCUT2D eigenvalue weighted by molar-refractivity contribution is -0.388. The largest absolute Gasteiger partial charge is 0.284 e. The van der Waals surface area contributed by atoms with Crippen molar-refractivity contribution in [2.24, 2.45) is 0 Å². The van der Waals surface area contributed by atoms with Gasteiger partial charge in [-0.2, -0.15) is 0 Å². The molecule has 0 aliphatic heterocycles. The Kier molecular flexibility index (Phi) is 5.58. The normalized spacial score (nSPS) is 11.7. The fraction of sp³-hybridized carbons (Fsp3) is 0.200. The minimum Gasteiger partial charge on any atom is -0.258 e. The molecule has 0 radical (unpaired) electrons. The molecule has 128 valence electrons. The van der Waals surface area contributed by atoms with Crippen molar-refractivity contribution in [2.45, 2.75) is 34.6 Å². The summed E-state index contributed by atoms with van der Waals surface area (Å²) in [6.45, 7) is 3.29. The number of halogens is 1. The van der Waals surface area contributed by atoms with Crippen LogP contribution in [0.3, 0.4) is 0 Å². The van der Waals surface area contributed by atoms with Crippen molar-refractivity contribution in [1.29, 1.82) is 0 Å². The fourth-order valence-corrected chi connectivity index (χ4v) is 4.11. The van der Waals surface area contributed by atoms with Gasteiger partial charge in [0.1, 0.15) is 5.82 Å². The lowest BCUT2D eigenvalue weighted by Crippen LogP contribution is -2.30. The third kappa shape index (κ3) is 4.31. The predicted molar refractivity (Wildman–Crippen MR) is 89.1 cm³/mol. The third-order valence-electron chi connectivity index (χ3n) is 2.88. The number of rotatable bonds is 6. The maximum atomic E-state index is 13.7. The molecule has 1 N–H and O–H groups in total. The summed E-state index contributed by atoms with van der Waals surface area (Å²) in [6, 6.07) is 9.08. The molecule has 9 heteroatoms. The van der Waals surface area contributed by atoms with Crippen molar-refractivity contribution in [2.75, 3.05) is 0 Å². The minimum atomic E-state index is -3.85. The van der Waals surface area contributed by atoms with Gasteiger partial charge >= 0.3 is 0 Å². The lowest BCUT2D eigenvalue weighted by atomic mass is 10.3. The molecule has 0 unspecified atom stereocenters. The summed E-state index contributed by atoms with van der Waals surface area (Å²) >= 11 is 0.871. The zero-order valence-electron chi connectivity index (χ0n) is 12.9. The average molecular weight is 370 g/mol. The van der Waals surface area contributed by atoms with E-state index in [0.717, 1.165) is 17.8 Å². The number of hydrogen-bond acceptors (Lipinski definition) is 5. The number of nitrogens with one attached hydrogen (secondary N) is 1. The predicted octanol–water partition coefficient (Wildman–Crippen LogP) is 3.57. The molecule has 6 nitrogen and oxygen atoms in total. The van der Waals surface area contributed by atoms with Crippen LogP contribution in [-0.4, -0.2) is 19.4 Å². The standard InChI is InChI=1S/C15H15FN2O4S2/c1-10(2)17-24(21,22)11-7-8-15(13(9-11)18(19)20)23-14-6-4-3-5-12(14)16/h3-10,17H,1-2H3. The molecule has 2 rings (SSSR count). The zero-order chi connectivity index (χ0) is 17.9. The zero-order valence-corrected chi connectivity index (χ0v) is 14.5. The van der Waals surface area contributed by atoms with Gasteiger partial charge in [-0.15, -0.1) is 0 Å². The van der Waals surface area contributed by atoms with Gasteiger partial charge in [0, 0.05) is 17.0 Å². The Hall–Kier alpha value is -1.97. The first-order chi connectivity index (χ1) is 11.2. The van der Waals surface area contributed by atoms with Gasteiger partial charge in [0.2, 0.25) is 10.0 Å². The first-order valence-corrected chi connectivity index (χ1v) is 9.24. The number of hydrogen-bond donors (Lipinski definition) is 1. The highest BCUT2D eigenvalue weighted by Gasteiger charge is 2.23. The van der Waals surface area contributed by atoms with Crippen LogP contribution in [0.1, 0.15) is 13.8 Å². The van der Waals surface area contributed by atoms with Gasteiger partial charge in [-0.25, -0.2) is 17.5 Å². The fourth-order valence-electron chi connectivity index (χ4n) is 1.92. The molecule has 24 heavy (non-hydrogen) atoms. The van der Waals surface area contributed by atoms with Crippen LogP contribution in [0.5, 0.6) is 0 Å². The molecule has 0 aliphatic rings. The number of nitro groups is 1. The van der Waals surface area contributed by atoms with Crippen LogP contribution in [0.25, 0.3) is 0 Å².